The first kappa shape index (κ1) is 16.9. The highest BCUT2D eigenvalue weighted by molar-refractivity contribution is 6.07. The van der Waals surface area contributed by atoms with Crippen molar-refractivity contribution in [3.05, 3.63) is 53.3 Å². The van der Waals surface area contributed by atoms with Gasteiger partial charge in [-0.25, -0.2) is 0 Å². The molecule has 0 aliphatic heterocycles. The maximum atomic E-state index is 12.7. The largest absolute Gasteiger partial charge is 0.497 e. The van der Waals surface area contributed by atoms with Crippen LogP contribution in [-0.2, 0) is 6.42 Å². The van der Waals surface area contributed by atoms with E-state index < -0.39 is 0 Å². The van der Waals surface area contributed by atoms with Crippen molar-refractivity contribution in [2.24, 2.45) is 0 Å². The van der Waals surface area contributed by atoms with Crippen LogP contribution < -0.4 is 14.8 Å². The molecule has 0 bridgehead atoms. The van der Waals surface area contributed by atoms with Crippen LogP contribution >= 0.6 is 0 Å². The standard InChI is InChI=1S/C20H21NO4/c1-5-13-6-8-17-15(10-13)12(2)19(25-17)20(22)21-16-11-14(23-3)7-9-18(16)24-4/h6-11H,5H2,1-4H3,(H,21,22). The molecule has 2 aromatic carbocycles. The number of ether oxygens (including phenoxy) is 2. The minimum Gasteiger partial charge on any atom is -0.497 e. The number of carbonyl (C=O) groups excluding carboxylic acids is 1. The zero-order valence-corrected chi connectivity index (χ0v) is 14.8. The van der Waals surface area contributed by atoms with E-state index in [0.29, 0.717) is 28.5 Å². The summed E-state index contributed by atoms with van der Waals surface area (Å²) in [6, 6.07) is 11.2. The molecule has 0 fully saturated rings. The monoisotopic (exact) mass is 339 g/mol. The van der Waals surface area contributed by atoms with Gasteiger partial charge in [0.2, 0.25) is 0 Å². The first-order valence-electron chi connectivity index (χ1n) is 8.12. The van der Waals surface area contributed by atoms with Gasteiger partial charge in [-0.15, -0.1) is 0 Å². The van der Waals surface area contributed by atoms with Crippen LogP contribution in [0, 0.1) is 6.92 Å². The maximum Gasteiger partial charge on any atom is 0.291 e. The number of carbonyl (C=O) groups is 1. The summed E-state index contributed by atoms with van der Waals surface area (Å²) in [6.07, 6.45) is 0.934. The van der Waals surface area contributed by atoms with E-state index >= 15 is 0 Å². The zero-order chi connectivity index (χ0) is 18.0. The second-order valence-electron chi connectivity index (χ2n) is 5.76. The molecule has 0 unspecified atom stereocenters. The molecular formula is C20H21NO4. The number of furan rings is 1. The Hall–Kier alpha value is -2.95. The van der Waals surface area contributed by atoms with E-state index in [9.17, 15) is 4.79 Å². The molecule has 130 valence electrons. The number of nitrogens with one attached hydrogen (secondary N) is 1. The van der Waals surface area contributed by atoms with E-state index in [1.54, 1.807) is 32.4 Å². The van der Waals surface area contributed by atoms with Gasteiger partial charge in [-0.05, 0) is 43.2 Å². The minimum absolute atomic E-state index is 0.299. The third-order valence-corrected chi connectivity index (χ3v) is 4.27. The van der Waals surface area contributed by atoms with Crippen molar-refractivity contribution in [2.75, 3.05) is 19.5 Å². The Morgan fingerprint density at radius 3 is 2.60 bits per heavy atom. The predicted octanol–water partition coefficient (Wildman–Crippen LogP) is 4.57. The summed E-state index contributed by atoms with van der Waals surface area (Å²) in [5, 5.41) is 3.81. The predicted molar refractivity (Wildman–Crippen MR) is 97.8 cm³/mol. The fourth-order valence-electron chi connectivity index (χ4n) is 2.80. The van der Waals surface area contributed by atoms with Crippen molar-refractivity contribution in [1.29, 1.82) is 0 Å². The lowest BCUT2D eigenvalue weighted by atomic mass is 10.1. The molecule has 0 atom stereocenters. The summed E-state index contributed by atoms with van der Waals surface area (Å²) in [5.74, 6) is 1.16. The van der Waals surface area contributed by atoms with E-state index in [2.05, 4.69) is 18.3 Å². The third kappa shape index (κ3) is 3.18. The van der Waals surface area contributed by atoms with Gasteiger partial charge in [0.05, 0.1) is 19.9 Å². The summed E-state index contributed by atoms with van der Waals surface area (Å²) in [7, 11) is 3.12. The number of methoxy groups -OCH3 is 2. The Labute approximate surface area is 146 Å². The molecule has 5 nitrogen and oxygen atoms in total. The lowest BCUT2D eigenvalue weighted by Gasteiger charge is -2.11. The fourth-order valence-corrected chi connectivity index (χ4v) is 2.80. The van der Waals surface area contributed by atoms with Crippen LogP contribution in [-0.4, -0.2) is 20.1 Å². The van der Waals surface area contributed by atoms with Gasteiger partial charge < -0.3 is 19.2 Å². The lowest BCUT2D eigenvalue weighted by Crippen LogP contribution is -2.13. The zero-order valence-electron chi connectivity index (χ0n) is 14.8. The number of aryl methyl sites for hydroxylation is 2. The molecule has 3 aromatic rings. The van der Waals surface area contributed by atoms with Gasteiger partial charge in [0, 0.05) is 17.0 Å². The van der Waals surface area contributed by atoms with Crippen molar-refractivity contribution < 1.29 is 18.7 Å². The summed E-state index contributed by atoms with van der Waals surface area (Å²) < 4.78 is 16.3. The molecule has 1 heterocycles. The number of hydrogen-bond acceptors (Lipinski definition) is 4. The molecule has 3 rings (SSSR count). The van der Waals surface area contributed by atoms with Crippen molar-refractivity contribution in [2.45, 2.75) is 20.3 Å². The molecule has 1 aromatic heterocycles. The second kappa shape index (κ2) is 6.89. The van der Waals surface area contributed by atoms with Gasteiger partial charge in [0.1, 0.15) is 17.1 Å². The first-order chi connectivity index (χ1) is 12.1. The maximum absolute atomic E-state index is 12.7. The van der Waals surface area contributed by atoms with Crippen molar-refractivity contribution in [3.63, 3.8) is 0 Å². The fraction of sp³-hybridized carbons (Fsp3) is 0.250. The average molecular weight is 339 g/mol. The van der Waals surface area contributed by atoms with Gasteiger partial charge in [0.25, 0.3) is 5.91 Å². The number of rotatable bonds is 5. The highest BCUT2D eigenvalue weighted by atomic mass is 16.5. The molecule has 1 amide bonds. The minimum atomic E-state index is -0.321. The van der Waals surface area contributed by atoms with Gasteiger partial charge in [-0.1, -0.05) is 13.0 Å². The number of fused-ring (bicyclic) bond motifs is 1. The topological polar surface area (TPSA) is 60.7 Å². The van der Waals surface area contributed by atoms with E-state index in [-0.39, 0.29) is 5.91 Å². The van der Waals surface area contributed by atoms with Gasteiger partial charge in [-0.2, -0.15) is 0 Å². The molecular weight excluding hydrogens is 318 g/mol. The van der Waals surface area contributed by atoms with Gasteiger partial charge >= 0.3 is 0 Å². The van der Waals surface area contributed by atoms with E-state index in [0.717, 1.165) is 17.4 Å². The average Bonchev–Trinajstić information content (AvgIpc) is 2.97. The number of amides is 1. The molecule has 0 spiro atoms. The Balaban J connectivity index is 1.96. The Bertz CT molecular complexity index is 927. The summed E-state index contributed by atoms with van der Waals surface area (Å²) in [6.45, 7) is 3.99. The normalized spacial score (nSPS) is 10.7. The van der Waals surface area contributed by atoms with Crippen molar-refractivity contribution in [1.82, 2.24) is 0 Å². The SMILES string of the molecule is CCc1ccc2oc(C(=O)Nc3cc(OC)ccc3OC)c(C)c2c1. The van der Waals surface area contributed by atoms with Crippen molar-refractivity contribution >= 4 is 22.6 Å². The molecule has 1 N–H and O–H groups in total. The third-order valence-electron chi connectivity index (χ3n) is 4.27. The Kier molecular flexibility index (Phi) is 4.65. The van der Waals surface area contributed by atoms with Crippen LogP contribution in [0.5, 0.6) is 11.5 Å². The van der Waals surface area contributed by atoms with Crippen LogP contribution in [0.1, 0.15) is 28.6 Å². The molecule has 0 aliphatic rings. The van der Waals surface area contributed by atoms with E-state index in [1.807, 2.05) is 19.1 Å². The summed E-state index contributed by atoms with van der Waals surface area (Å²) in [4.78, 5) is 12.7. The molecule has 5 heteroatoms. The number of anilines is 1. The summed E-state index contributed by atoms with van der Waals surface area (Å²) >= 11 is 0. The van der Waals surface area contributed by atoms with Crippen LogP contribution in [0.2, 0.25) is 0 Å². The lowest BCUT2D eigenvalue weighted by molar-refractivity contribution is 0.0997. The molecule has 0 saturated carbocycles. The molecule has 0 saturated heterocycles. The smallest absolute Gasteiger partial charge is 0.291 e. The first-order valence-corrected chi connectivity index (χ1v) is 8.12. The highest BCUT2D eigenvalue weighted by Crippen LogP contribution is 2.31. The Morgan fingerprint density at radius 2 is 1.92 bits per heavy atom. The van der Waals surface area contributed by atoms with Crippen molar-refractivity contribution in [3.8, 4) is 11.5 Å². The van der Waals surface area contributed by atoms with E-state index in [4.69, 9.17) is 13.9 Å². The van der Waals surface area contributed by atoms with Crippen LogP contribution in [0.15, 0.2) is 40.8 Å². The second-order valence-corrected chi connectivity index (χ2v) is 5.76. The number of benzene rings is 2. The van der Waals surface area contributed by atoms with Crippen LogP contribution in [0.25, 0.3) is 11.0 Å². The molecule has 25 heavy (non-hydrogen) atoms. The Morgan fingerprint density at radius 1 is 1.12 bits per heavy atom. The van der Waals surface area contributed by atoms with Gasteiger partial charge in [-0.3, -0.25) is 4.79 Å². The van der Waals surface area contributed by atoms with Gasteiger partial charge in [0.15, 0.2) is 5.76 Å². The summed E-state index contributed by atoms with van der Waals surface area (Å²) in [5.41, 5.74) is 3.26. The quantitative estimate of drug-likeness (QED) is 0.739. The molecule has 0 radical (unpaired) electrons. The van der Waals surface area contributed by atoms with E-state index in [1.165, 1.54) is 5.56 Å². The number of hydrogen-bond donors (Lipinski definition) is 1. The highest BCUT2D eigenvalue weighted by Gasteiger charge is 2.19. The molecule has 0 aliphatic carbocycles. The van der Waals surface area contributed by atoms with Crippen LogP contribution in [0.4, 0.5) is 5.69 Å². The van der Waals surface area contributed by atoms with Crippen LogP contribution in [0.3, 0.4) is 0 Å².